The summed E-state index contributed by atoms with van der Waals surface area (Å²) in [5, 5.41) is 13.6. The highest BCUT2D eigenvalue weighted by Gasteiger charge is 2.08. The molecule has 0 unspecified atom stereocenters. The Hall–Kier alpha value is -2.43. The normalized spacial score (nSPS) is 10.7. The molecule has 1 aromatic heterocycles. The summed E-state index contributed by atoms with van der Waals surface area (Å²) in [4.78, 5) is 3.75. The molecule has 19 heavy (non-hydrogen) atoms. The van der Waals surface area contributed by atoms with Crippen LogP contribution >= 0.6 is 0 Å². The predicted octanol–water partition coefficient (Wildman–Crippen LogP) is 1.39. The van der Waals surface area contributed by atoms with Gasteiger partial charge in [-0.05, 0) is 30.3 Å². The van der Waals surface area contributed by atoms with Crippen LogP contribution in [0.15, 0.2) is 47.5 Å². The first-order valence-electron chi connectivity index (χ1n) is 5.16. The van der Waals surface area contributed by atoms with Gasteiger partial charge in [0.1, 0.15) is 10.6 Å². The van der Waals surface area contributed by atoms with Crippen LogP contribution in [0, 0.1) is 11.3 Å². The zero-order valence-corrected chi connectivity index (χ0v) is 10.5. The number of primary sulfonamides is 1. The fraction of sp³-hybridized carbons (Fsp3) is 0. The summed E-state index contributed by atoms with van der Waals surface area (Å²) in [5.41, 5.74) is 0.518. The monoisotopic (exact) mass is 275 g/mol. The lowest BCUT2D eigenvalue weighted by atomic mass is 10.2. The van der Waals surface area contributed by atoms with Gasteiger partial charge in [0, 0.05) is 6.07 Å². The summed E-state index contributed by atoms with van der Waals surface area (Å²) < 4.78 is 27.5. The molecule has 0 amide bonds. The van der Waals surface area contributed by atoms with Crippen molar-refractivity contribution in [1.82, 2.24) is 4.98 Å². The number of pyridine rings is 1. The van der Waals surface area contributed by atoms with E-state index in [0.717, 1.165) is 6.20 Å². The van der Waals surface area contributed by atoms with E-state index in [1.54, 1.807) is 24.3 Å². The Morgan fingerprint density at radius 1 is 1.16 bits per heavy atom. The Morgan fingerprint density at radius 2 is 1.84 bits per heavy atom. The molecule has 0 spiro atoms. The second-order valence-electron chi connectivity index (χ2n) is 3.62. The van der Waals surface area contributed by atoms with E-state index in [9.17, 15) is 8.42 Å². The number of ether oxygens (including phenoxy) is 1. The smallest absolute Gasteiger partial charge is 0.239 e. The van der Waals surface area contributed by atoms with Gasteiger partial charge in [0.2, 0.25) is 15.9 Å². The first-order chi connectivity index (χ1) is 8.99. The van der Waals surface area contributed by atoms with Crippen LogP contribution < -0.4 is 9.88 Å². The van der Waals surface area contributed by atoms with E-state index in [0.29, 0.717) is 11.3 Å². The molecule has 0 atom stereocenters. The first kappa shape index (κ1) is 13.0. The van der Waals surface area contributed by atoms with E-state index < -0.39 is 10.0 Å². The Labute approximate surface area is 110 Å². The minimum Gasteiger partial charge on any atom is -0.439 e. The molecule has 0 saturated carbocycles. The molecular weight excluding hydrogens is 266 g/mol. The Morgan fingerprint density at radius 3 is 2.32 bits per heavy atom. The van der Waals surface area contributed by atoms with Crippen molar-refractivity contribution in [3.63, 3.8) is 0 Å². The number of nitriles is 1. The maximum absolute atomic E-state index is 11.0. The van der Waals surface area contributed by atoms with Crippen molar-refractivity contribution in [2.24, 2.45) is 5.14 Å². The summed E-state index contributed by atoms with van der Waals surface area (Å²) in [6.07, 6.45) is 1.12. The minimum absolute atomic E-state index is 0.0836. The summed E-state index contributed by atoms with van der Waals surface area (Å²) in [6, 6.07) is 11.1. The fourth-order valence-corrected chi connectivity index (χ4v) is 1.77. The van der Waals surface area contributed by atoms with Crippen LogP contribution in [0.1, 0.15) is 5.56 Å². The summed E-state index contributed by atoms with van der Waals surface area (Å²) in [6.45, 7) is 0. The van der Waals surface area contributed by atoms with Gasteiger partial charge in [-0.25, -0.2) is 18.5 Å². The summed E-state index contributed by atoms with van der Waals surface area (Å²) in [5.74, 6) is 0.729. The Balaban J connectivity index is 2.17. The molecular formula is C12H9N3O3S. The number of benzene rings is 1. The molecule has 0 saturated heterocycles. The van der Waals surface area contributed by atoms with Crippen molar-refractivity contribution in [2.45, 2.75) is 4.90 Å². The van der Waals surface area contributed by atoms with E-state index >= 15 is 0 Å². The molecule has 6 nitrogen and oxygen atoms in total. The quantitative estimate of drug-likeness (QED) is 0.911. The largest absolute Gasteiger partial charge is 0.439 e. The van der Waals surface area contributed by atoms with Gasteiger partial charge in [-0.1, -0.05) is 0 Å². The maximum Gasteiger partial charge on any atom is 0.239 e. The molecule has 0 bridgehead atoms. The minimum atomic E-state index is -3.76. The van der Waals surface area contributed by atoms with Crippen molar-refractivity contribution in [3.05, 3.63) is 48.2 Å². The van der Waals surface area contributed by atoms with Gasteiger partial charge < -0.3 is 4.74 Å². The predicted molar refractivity (Wildman–Crippen MR) is 66.8 cm³/mol. The van der Waals surface area contributed by atoms with Gasteiger partial charge in [-0.15, -0.1) is 0 Å². The Bertz CT molecular complexity index is 716. The van der Waals surface area contributed by atoms with Crippen LogP contribution in [-0.4, -0.2) is 13.4 Å². The second-order valence-corrected chi connectivity index (χ2v) is 5.18. The third-order valence-corrected chi connectivity index (χ3v) is 3.14. The lowest BCUT2D eigenvalue weighted by molar-refractivity contribution is 0.462. The number of nitrogens with two attached hydrogens (primary N) is 1. The van der Waals surface area contributed by atoms with Crippen LogP contribution in [0.25, 0.3) is 0 Å². The number of hydrogen-bond acceptors (Lipinski definition) is 5. The fourth-order valence-electron chi connectivity index (χ4n) is 1.31. The molecule has 2 rings (SSSR count). The highest BCUT2D eigenvalue weighted by Crippen LogP contribution is 2.20. The van der Waals surface area contributed by atoms with E-state index in [4.69, 9.17) is 15.1 Å². The molecule has 0 radical (unpaired) electrons. The zero-order chi connectivity index (χ0) is 13.9. The number of nitrogens with zero attached hydrogens (tertiary/aromatic N) is 2. The standard InChI is InChI=1S/C12H9N3O3S/c13-7-9-1-3-10(4-2-9)18-12-6-5-11(8-15-12)19(14,16)17/h1-6,8H,(H2,14,16,17). The molecule has 7 heteroatoms. The van der Waals surface area contributed by atoms with Gasteiger partial charge in [0.05, 0.1) is 17.8 Å². The van der Waals surface area contributed by atoms with Gasteiger partial charge in [0.25, 0.3) is 0 Å². The Kier molecular flexibility index (Phi) is 3.46. The third-order valence-electron chi connectivity index (χ3n) is 2.24. The SMILES string of the molecule is N#Cc1ccc(Oc2ccc(S(N)(=O)=O)cn2)cc1. The number of hydrogen-bond donors (Lipinski definition) is 1. The number of rotatable bonds is 3. The van der Waals surface area contributed by atoms with Gasteiger partial charge >= 0.3 is 0 Å². The summed E-state index contributed by atoms with van der Waals surface area (Å²) >= 11 is 0. The molecule has 96 valence electrons. The third kappa shape index (κ3) is 3.28. The first-order valence-corrected chi connectivity index (χ1v) is 6.70. The van der Waals surface area contributed by atoms with Crippen molar-refractivity contribution in [3.8, 4) is 17.7 Å². The van der Waals surface area contributed by atoms with Crippen LogP contribution in [0.4, 0.5) is 0 Å². The van der Waals surface area contributed by atoms with E-state index in [2.05, 4.69) is 4.98 Å². The van der Waals surface area contributed by atoms with Crippen molar-refractivity contribution >= 4 is 10.0 Å². The number of sulfonamides is 1. The molecule has 1 heterocycles. The van der Waals surface area contributed by atoms with E-state index in [1.807, 2.05) is 6.07 Å². The van der Waals surface area contributed by atoms with Crippen LogP contribution in [-0.2, 0) is 10.0 Å². The van der Waals surface area contributed by atoms with E-state index in [1.165, 1.54) is 12.1 Å². The van der Waals surface area contributed by atoms with Crippen LogP contribution in [0.5, 0.6) is 11.6 Å². The molecule has 2 aromatic rings. The van der Waals surface area contributed by atoms with Crippen molar-refractivity contribution in [2.75, 3.05) is 0 Å². The molecule has 0 fully saturated rings. The van der Waals surface area contributed by atoms with Gasteiger partial charge in [0.15, 0.2) is 0 Å². The second kappa shape index (κ2) is 5.06. The maximum atomic E-state index is 11.0. The van der Waals surface area contributed by atoms with Crippen molar-refractivity contribution in [1.29, 1.82) is 5.26 Å². The molecule has 2 N–H and O–H groups in total. The lowest BCUT2D eigenvalue weighted by Crippen LogP contribution is -2.12. The van der Waals surface area contributed by atoms with Crippen LogP contribution in [0.3, 0.4) is 0 Å². The molecule has 0 aliphatic carbocycles. The molecule has 1 aromatic carbocycles. The van der Waals surface area contributed by atoms with Gasteiger partial charge in [-0.2, -0.15) is 5.26 Å². The molecule has 0 aliphatic rings. The highest BCUT2D eigenvalue weighted by atomic mass is 32.2. The van der Waals surface area contributed by atoms with E-state index in [-0.39, 0.29) is 10.8 Å². The topological polar surface area (TPSA) is 106 Å². The van der Waals surface area contributed by atoms with Crippen molar-refractivity contribution < 1.29 is 13.2 Å². The molecule has 0 aliphatic heterocycles. The van der Waals surface area contributed by atoms with Gasteiger partial charge in [-0.3, -0.25) is 0 Å². The summed E-state index contributed by atoms with van der Waals surface area (Å²) in [7, 11) is -3.76. The number of aromatic nitrogens is 1. The van der Waals surface area contributed by atoms with Crippen LogP contribution in [0.2, 0.25) is 0 Å². The highest BCUT2D eigenvalue weighted by molar-refractivity contribution is 7.89. The average Bonchev–Trinajstić information content (AvgIpc) is 2.39. The average molecular weight is 275 g/mol. The zero-order valence-electron chi connectivity index (χ0n) is 9.65. The lowest BCUT2D eigenvalue weighted by Gasteiger charge is -2.04.